The van der Waals surface area contributed by atoms with Gasteiger partial charge in [-0.25, -0.2) is 5.01 Å². The molecule has 0 fully saturated rings. The van der Waals surface area contributed by atoms with Crippen LogP contribution in [0.1, 0.15) is 36.8 Å². The van der Waals surface area contributed by atoms with E-state index in [2.05, 4.69) is 5.10 Å². The fraction of sp³-hybridized carbons (Fsp3) is 0.409. The first-order valence-electron chi connectivity index (χ1n) is 9.76. The molecule has 2 aromatic rings. The largest absolute Gasteiger partial charge is 0.493 e. The predicted molar refractivity (Wildman–Crippen MR) is 117 cm³/mol. The highest BCUT2D eigenvalue weighted by molar-refractivity contribution is 7.12. The Bertz CT molecular complexity index is 940. The minimum absolute atomic E-state index is 0.0258. The maximum atomic E-state index is 13.1. The lowest BCUT2D eigenvalue weighted by Crippen LogP contribution is -2.40. The molecule has 1 aliphatic heterocycles. The molecule has 0 N–H and O–H groups in total. The lowest BCUT2D eigenvalue weighted by Gasteiger charge is -2.26. The number of nitrogens with zero attached hydrogens (tertiary/aromatic N) is 3. The molecule has 1 aromatic carbocycles. The number of amides is 2. The molecule has 160 valence electrons. The van der Waals surface area contributed by atoms with Crippen molar-refractivity contribution in [1.29, 1.82) is 0 Å². The number of ether oxygens (including phenoxy) is 2. The number of hydrazone groups is 1. The molecule has 3 rings (SSSR count). The second-order valence-electron chi connectivity index (χ2n) is 7.45. The number of rotatable bonds is 7. The van der Waals surface area contributed by atoms with Crippen molar-refractivity contribution in [1.82, 2.24) is 9.91 Å². The quantitative estimate of drug-likeness (QED) is 0.675. The van der Waals surface area contributed by atoms with E-state index in [1.165, 1.54) is 9.91 Å². The van der Waals surface area contributed by atoms with Crippen LogP contribution in [0.3, 0.4) is 0 Å². The number of hydrogen-bond donors (Lipinski definition) is 0. The van der Waals surface area contributed by atoms with Crippen LogP contribution in [0.4, 0.5) is 0 Å². The first kappa shape index (κ1) is 21.8. The Hall–Kier alpha value is -2.87. The summed E-state index contributed by atoms with van der Waals surface area (Å²) in [5, 5.41) is 8.13. The Morgan fingerprint density at radius 3 is 2.57 bits per heavy atom. The monoisotopic (exact) mass is 429 g/mol. The lowest BCUT2D eigenvalue weighted by molar-refractivity contribution is -0.142. The van der Waals surface area contributed by atoms with Gasteiger partial charge in [-0.15, -0.1) is 11.3 Å². The van der Waals surface area contributed by atoms with Crippen LogP contribution < -0.4 is 9.47 Å². The standard InChI is InChI=1S/C22H27N3O4S/c1-14(2)22(27)24(3)13-21(26)25-17(12-16(23-25)20-7-6-10-30-20)15-8-9-18(28-4)19(11-15)29-5/h6-11,14,17H,12-13H2,1-5H3. The van der Waals surface area contributed by atoms with Gasteiger partial charge in [-0.1, -0.05) is 26.0 Å². The molecule has 1 unspecified atom stereocenters. The van der Waals surface area contributed by atoms with E-state index >= 15 is 0 Å². The van der Waals surface area contributed by atoms with Gasteiger partial charge < -0.3 is 14.4 Å². The summed E-state index contributed by atoms with van der Waals surface area (Å²) < 4.78 is 10.8. The fourth-order valence-electron chi connectivity index (χ4n) is 3.45. The Kier molecular flexibility index (Phi) is 6.77. The van der Waals surface area contributed by atoms with E-state index in [1.54, 1.807) is 32.6 Å². The average Bonchev–Trinajstić information content (AvgIpc) is 3.42. The van der Waals surface area contributed by atoms with Crippen molar-refractivity contribution >= 4 is 28.9 Å². The van der Waals surface area contributed by atoms with E-state index in [-0.39, 0.29) is 30.3 Å². The van der Waals surface area contributed by atoms with Crippen LogP contribution in [-0.4, -0.2) is 55.2 Å². The van der Waals surface area contributed by atoms with Gasteiger partial charge in [0.2, 0.25) is 5.91 Å². The molecule has 1 atom stereocenters. The van der Waals surface area contributed by atoms with Gasteiger partial charge in [-0.05, 0) is 29.1 Å². The molecule has 1 aromatic heterocycles. The van der Waals surface area contributed by atoms with E-state index in [1.807, 2.05) is 49.6 Å². The van der Waals surface area contributed by atoms with Crippen molar-refractivity contribution in [2.75, 3.05) is 27.8 Å². The van der Waals surface area contributed by atoms with Crippen LogP contribution in [-0.2, 0) is 9.59 Å². The highest BCUT2D eigenvalue weighted by Crippen LogP contribution is 2.37. The minimum Gasteiger partial charge on any atom is -0.493 e. The van der Waals surface area contributed by atoms with Crippen LogP contribution in [0.2, 0.25) is 0 Å². The molecular weight excluding hydrogens is 402 g/mol. The molecule has 0 saturated heterocycles. The molecule has 0 aliphatic carbocycles. The SMILES string of the molecule is COc1ccc(C2CC(c3cccs3)=NN2C(=O)CN(C)C(=O)C(C)C)cc1OC. The topological polar surface area (TPSA) is 71.4 Å². The fourth-order valence-corrected chi connectivity index (χ4v) is 4.17. The van der Waals surface area contributed by atoms with E-state index in [4.69, 9.17) is 9.47 Å². The summed E-state index contributed by atoms with van der Waals surface area (Å²) in [6.07, 6.45) is 0.587. The second kappa shape index (κ2) is 9.30. The van der Waals surface area contributed by atoms with Crippen LogP contribution in [0.15, 0.2) is 40.8 Å². The summed E-state index contributed by atoms with van der Waals surface area (Å²) in [4.78, 5) is 27.9. The Labute approximate surface area is 180 Å². The second-order valence-corrected chi connectivity index (χ2v) is 8.39. The van der Waals surface area contributed by atoms with E-state index < -0.39 is 0 Å². The smallest absolute Gasteiger partial charge is 0.262 e. The number of carbonyl (C=O) groups excluding carboxylic acids is 2. The molecule has 0 saturated carbocycles. The number of hydrogen-bond acceptors (Lipinski definition) is 6. The van der Waals surface area contributed by atoms with Crippen LogP contribution >= 0.6 is 11.3 Å². The Balaban J connectivity index is 1.91. The molecule has 0 spiro atoms. The van der Waals surface area contributed by atoms with Gasteiger partial charge in [0, 0.05) is 19.4 Å². The third kappa shape index (κ3) is 4.48. The van der Waals surface area contributed by atoms with Crippen molar-refractivity contribution in [3.8, 4) is 11.5 Å². The van der Waals surface area contributed by atoms with Gasteiger partial charge in [0.05, 0.1) is 30.9 Å². The van der Waals surface area contributed by atoms with Crippen molar-refractivity contribution < 1.29 is 19.1 Å². The molecule has 30 heavy (non-hydrogen) atoms. The number of carbonyl (C=O) groups is 2. The maximum absolute atomic E-state index is 13.1. The van der Waals surface area contributed by atoms with Crippen LogP contribution in [0, 0.1) is 5.92 Å². The predicted octanol–water partition coefficient (Wildman–Crippen LogP) is 3.56. The van der Waals surface area contributed by atoms with Gasteiger partial charge in [-0.2, -0.15) is 5.10 Å². The first-order valence-corrected chi connectivity index (χ1v) is 10.6. The third-order valence-corrected chi connectivity index (χ3v) is 5.93. The van der Waals surface area contributed by atoms with Crippen molar-refractivity contribution in [2.45, 2.75) is 26.3 Å². The summed E-state index contributed by atoms with van der Waals surface area (Å²) >= 11 is 1.59. The van der Waals surface area contributed by atoms with E-state index in [0.29, 0.717) is 17.9 Å². The Morgan fingerprint density at radius 1 is 1.23 bits per heavy atom. The molecule has 1 aliphatic rings. The number of thiophene rings is 1. The summed E-state index contributed by atoms with van der Waals surface area (Å²) in [6.45, 7) is 3.61. The van der Waals surface area contributed by atoms with Gasteiger partial charge >= 0.3 is 0 Å². The highest BCUT2D eigenvalue weighted by Gasteiger charge is 2.34. The molecule has 2 amide bonds. The molecule has 7 nitrogen and oxygen atoms in total. The minimum atomic E-state index is -0.281. The van der Waals surface area contributed by atoms with Gasteiger partial charge in [-0.3, -0.25) is 9.59 Å². The number of benzene rings is 1. The van der Waals surface area contributed by atoms with Crippen LogP contribution in [0.25, 0.3) is 0 Å². The summed E-state index contributed by atoms with van der Waals surface area (Å²) in [5.74, 6) is 0.747. The van der Waals surface area contributed by atoms with Gasteiger partial charge in [0.15, 0.2) is 11.5 Å². The number of methoxy groups -OCH3 is 2. The highest BCUT2D eigenvalue weighted by atomic mass is 32.1. The molecule has 8 heteroatoms. The molecular formula is C22H27N3O4S. The average molecular weight is 430 g/mol. The third-order valence-electron chi connectivity index (χ3n) is 5.01. The zero-order valence-electron chi connectivity index (χ0n) is 17.9. The van der Waals surface area contributed by atoms with E-state index in [9.17, 15) is 9.59 Å². The molecule has 2 heterocycles. The van der Waals surface area contributed by atoms with Gasteiger partial charge in [0.1, 0.15) is 6.54 Å². The zero-order chi connectivity index (χ0) is 21.8. The van der Waals surface area contributed by atoms with Crippen molar-refractivity contribution in [2.24, 2.45) is 11.0 Å². The van der Waals surface area contributed by atoms with E-state index in [0.717, 1.165) is 16.2 Å². The zero-order valence-corrected chi connectivity index (χ0v) is 18.7. The maximum Gasteiger partial charge on any atom is 0.262 e. The normalized spacial score (nSPS) is 15.9. The first-order chi connectivity index (χ1) is 14.3. The Morgan fingerprint density at radius 2 is 1.97 bits per heavy atom. The van der Waals surface area contributed by atoms with Crippen LogP contribution in [0.5, 0.6) is 11.5 Å². The van der Waals surface area contributed by atoms with Gasteiger partial charge in [0.25, 0.3) is 5.91 Å². The van der Waals surface area contributed by atoms with Crippen molar-refractivity contribution in [3.63, 3.8) is 0 Å². The number of likely N-dealkylation sites (N-methyl/N-ethyl adjacent to an activating group) is 1. The summed E-state index contributed by atoms with van der Waals surface area (Å²) in [7, 11) is 4.81. The summed E-state index contributed by atoms with van der Waals surface area (Å²) in [5.41, 5.74) is 1.75. The summed E-state index contributed by atoms with van der Waals surface area (Å²) in [6, 6.07) is 9.30. The lowest BCUT2D eigenvalue weighted by atomic mass is 10.0. The molecule has 0 radical (unpaired) electrons. The van der Waals surface area contributed by atoms with Crippen molar-refractivity contribution in [3.05, 3.63) is 46.2 Å². The molecule has 0 bridgehead atoms.